The summed E-state index contributed by atoms with van der Waals surface area (Å²) in [5.41, 5.74) is -2.66. The summed E-state index contributed by atoms with van der Waals surface area (Å²) in [6, 6.07) is 18.2. The fourth-order valence-corrected chi connectivity index (χ4v) is 4.59. The van der Waals surface area contributed by atoms with E-state index in [2.05, 4.69) is 10.6 Å². The molecule has 52 heavy (non-hydrogen) atoms. The number of benzene rings is 4. The van der Waals surface area contributed by atoms with Gasteiger partial charge in [0.2, 0.25) is 11.8 Å². The molecule has 0 saturated carbocycles. The number of ether oxygens (including phenoxy) is 2. The Balaban J connectivity index is 1.50. The smallest absolute Gasteiger partial charge is 0.421 e. The third-order valence-electron chi connectivity index (χ3n) is 6.76. The molecule has 270 valence electrons. The molecule has 2 amide bonds. The van der Waals surface area contributed by atoms with Crippen molar-refractivity contribution in [1.82, 2.24) is 0 Å². The van der Waals surface area contributed by atoms with Crippen LogP contribution in [-0.4, -0.2) is 34.0 Å². The maximum absolute atomic E-state index is 14.1. The fraction of sp³-hybridized carbons (Fsp3) is 0.111. The lowest BCUT2D eigenvalue weighted by Gasteiger charge is -2.18. The number of carboxylic acids is 2. The van der Waals surface area contributed by atoms with Crippen molar-refractivity contribution in [2.45, 2.75) is 25.2 Å². The summed E-state index contributed by atoms with van der Waals surface area (Å²) in [5, 5.41) is 21.5. The number of amides is 2. The van der Waals surface area contributed by atoms with Crippen molar-refractivity contribution in [3.63, 3.8) is 0 Å². The van der Waals surface area contributed by atoms with Gasteiger partial charge in [0.05, 0.1) is 24.2 Å². The third-order valence-corrected chi connectivity index (χ3v) is 6.76. The van der Waals surface area contributed by atoms with Crippen molar-refractivity contribution in [3.05, 3.63) is 120 Å². The lowest BCUT2D eigenvalue weighted by atomic mass is 10.1. The van der Waals surface area contributed by atoms with E-state index in [9.17, 15) is 45.5 Å². The molecule has 0 aliphatic rings. The summed E-state index contributed by atoms with van der Waals surface area (Å²) in [6.45, 7) is 0. The Morgan fingerprint density at radius 2 is 0.904 bits per heavy atom. The quantitative estimate of drug-likeness (QED) is 0.0787. The average Bonchev–Trinajstić information content (AvgIpc) is 3.04. The first-order valence-electron chi connectivity index (χ1n) is 14.9. The number of alkyl halides is 6. The Kier molecular flexibility index (Phi) is 12.1. The molecule has 10 nitrogen and oxygen atoms in total. The van der Waals surface area contributed by atoms with Crippen LogP contribution in [0.5, 0.6) is 23.0 Å². The van der Waals surface area contributed by atoms with Gasteiger partial charge in [-0.25, -0.2) is 0 Å². The number of rotatable bonds is 13. The van der Waals surface area contributed by atoms with Gasteiger partial charge in [-0.3, -0.25) is 19.2 Å². The van der Waals surface area contributed by atoms with E-state index in [0.717, 1.165) is 48.6 Å². The number of aliphatic carboxylic acids is 2. The van der Waals surface area contributed by atoms with E-state index in [1.54, 1.807) is 0 Å². The zero-order valence-corrected chi connectivity index (χ0v) is 26.4. The summed E-state index contributed by atoms with van der Waals surface area (Å²) < 4.78 is 95.4. The van der Waals surface area contributed by atoms with Gasteiger partial charge in [-0.15, -0.1) is 0 Å². The number of anilines is 2. The van der Waals surface area contributed by atoms with Crippen molar-refractivity contribution in [2.75, 3.05) is 10.6 Å². The third kappa shape index (κ3) is 10.7. The maximum atomic E-state index is 14.1. The normalized spacial score (nSPS) is 11.7. The van der Waals surface area contributed by atoms with E-state index < -0.39 is 82.9 Å². The van der Waals surface area contributed by atoms with Crippen LogP contribution in [0.3, 0.4) is 0 Å². The second-order valence-corrected chi connectivity index (χ2v) is 10.6. The fourth-order valence-electron chi connectivity index (χ4n) is 4.59. The molecule has 0 bridgehead atoms. The van der Waals surface area contributed by atoms with Crippen molar-refractivity contribution >= 4 is 35.1 Å². The first-order valence-corrected chi connectivity index (χ1v) is 14.9. The molecule has 0 atom stereocenters. The molecule has 4 rings (SSSR count). The lowest BCUT2D eigenvalue weighted by Crippen LogP contribution is -2.16. The largest absolute Gasteiger partial charge is 0.481 e. The van der Waals surface area contributed by atoms with Crippen LogP contribution in [0, 0.1) is 0 Å². The Hall–Kier alpha value is -6.58. The van der Waals surface area contributed by atoms with Gasteiger partial charge in [-0.2, -0.15) is 26.3 Å². The molecule has 4 aromatic rings. The van der Waals surface area contributed by atoms with Crippen LogP contribution in [0.4, 0.5) is 37.7 Å². The van der Waals surface area contributed by atoms with Crippen LogP contribution in [0.15, 0.2) is 109 Å². The summed E-state index contributed by atoms with van der Waals surface area (Å²) in [7, 11) is 0. The molecule has 0 aliphatic carbocycles. The Labute approximate surface area is 290 Å². The average molecular weight is 729 g/mol. The highest BCUT2D eigenvalue weighted by atomic mass is 19.4. The number of hydrogen-bond acceptors (Lipinski definition) is 6. The van der Waals surface area contributed by atoms with Gasteiger partial charge in [0.25, 0.3) is 0 Å². The number of carbonyl (C=O) groups excluding carboxylic acids is 2. The van der Waals surface area contributed by atoms with Crippen molar-refractivity contribution in [3.8, 4) is 34.1 Å². The molecule has 16 heteroatoms. The molecule has 0 radical (unpaired) electrons. The van der Waals surface area contributed by atoms with Gasteiger partial charge in [0.15, 0.2) is 0 Å². The van der Waals surface area contributed by atoms with Crippen molar-refractivity contribution < 1.29 is 65.2 Å². The summed E-state index contributed by atoms with van der Waals surface area (Å²) in [4.78, 5) is 45.4. The van der Waals surface area contributed by atoms with Gasteiger partial charge >= 0.3 is 24.3 Å². The molecule has 0 saturated heterocycles. The van der Waals surface area contributed by atoms with Gasteiger partial charge in [0, 0.05) is 0 Å². The first-order chi connectivity index (χ1) is 24.5. The predicted molar refractivity (Wildman–Crippen MR) is 175 cm³/mol. The van der Waals surface area contributed by atoms with Crippen LogP contribution in [0.1, 0.15) is 24.0 Å². The molecule has 0 unspecified atom stereocenters. The Morgan fingerprint density at radius 3 is 1.21 bits per heavy atom. The van der Waals surface area contributed by atoms with E-state index in [-0.39, 0.29) is 11.5 Å². The molecule has 0 fully saturated rings. The topological polar surface area (TPSA) is 151 Å². The first kappa shape index (κ1) is 38.2. The van der Waals surface area contributed by atoms with E-state index in [1.165, 1.54) is 60.7 Å². The highest BCUT2D eigenvalue weighted by Crippen LogP contribution is 2.44. The highest BCUT2D eigenvalue weighted by molar-refractivity contribution is 6.01. The molecule has 4 aromatic carbocycles. The van der Waals surface area contributed by atoms with E-state index in [1.807, 2.05) is 0 Å². The minimum atomic E-state index is -4.95. The summed E-state index contributed by atoms with van der Waals surface area (Å²) in [5.74, 6) is -5.66. The molecular weight excluding hydrogens is 702 g/mol. The monoisotopic (exact) mass is 728 g/mol. The second-order valence-electron chi connectivity index (χ2n) is 10.6. The number of hydrogen-bond donors (Lipinski definition) is 4. The van der Waals surface area contributed by atoms with E-state index >= 15 is 0 Å². The molecule has 0 aliphatic heterocycles. The van der Waals surface area contributed by atoms with E-state index in [4.69, 9.17) is 19.7 Å². The Morgan fingerprint density at radius 1 is 0.558 bits per heavy atom. The summed E-state index contributed by atoms with van der Waals surface area (Å²) in [6.07, 6.45) is -7.36. The van der Waals surface area contributed by atoms with Gasteiger partial charge in [-0.1, -0.05) is 48.6 Å². The lowest BCUT2D eigenvalue weighted by molar-refractivity contribution is -0.138. The molecule has 0 aromatic heterocycles. The zero-order chi connectivity index (χ0) is 38.1. The minimum Gasteiger partial charge on any atom is -0.481 e. The Bertz CT molecular complexity index is 1860. The second kappa shape index (κ2) is 16.4. The SMILES string of the molecule is O=C(O)CC=CC(=O)Nc1cccc(Oc2ccc(-c3ccc(Oc4cccc(NC(=O)C=CCC(=O)O)c4C(F)(F)F)cc3)cc2)c1C(F)(F)F. The molecule has 0 heterocycles. The number of halogens is 6. The summed E-state index contributed by atoms with van der Waals surface area (Å²) >= 11 is 0. The van der Waals surface area contributed by atoms with Crippen LogP contribution in [0.2, 0.25) is 0 Å². The standard InChI is InChI=1S/C36H26F6N2O8/c37-35(38,39)33-25(43-29(45)9-3-11-31(47)48)5-1-7-27(33)51-23-17-13-21(14-18-23)22-15-19-24(20-16-22)52-28-8-2-6-26(34(28)36(40,41)42)44-30(46)10-4-12-32(49)50/h1-10,13-20H,11-12H2,(H,43,45)(H,44,46)(H,47,48)(H,49,50). The van der Waals surface area contributed by atoms with Crippen molar-refractivity contribution in [1.29, 1.82) is 0 Å². The van der Waals surface area contributed by atoms with Crippen LogP contribution < -0.4 is 20.1 Å². The molecular formula is C36H26F6N2O8. The zero-order valence-electron chi connectivity index (χ0n) is 26.4. The van der Waals surface area contributed by atoms with Gasteiger partial charge in [-0.05, 0) is 71.8 Å². The van der Waals surface area contributed by atoms with Crippen LogP contribution in [0.25, 0.3) is 11.1 Å². The van der Waals surface area contributed by atoms with Crippen LogP contribution in [-0.2, 0) is 31.5 Å². The minimum absolute atomic E-state index is 0.00284. The number of carboxylic acid groups (broad SMARTS) is 2. The number of nitrogens with one attached hydrogen (secondary N) is 2. The van der Waals surface area contributed by atoms with E-state index in [0.29, 0.717) is 11.1 Å². The van der Waals surface area contributed by atoms with Crippen LogP contribution >= 0.6 is 0 Å². The predicted octanol–water partition coefficient (Wildman–Crippen LogP) is 8.91. The van der Waals surface area contributed by atoms with Crippen molar-refractivity contribution in [2.24, 2.45) is 0 Å². The molecule has 4 N–H and O–H groups in total. The highest BCUT2D eigenvalue weighted by Gasteiger charge is 2.39. The van der Waals surface area contributed by atoms with Gasteiger partial charge in [0.1, 0.15) is 34.1 Å². The maximum Gasteiger partial charge on any atom is 0.421 e. The van der Waals surface area contributed by atoms with Gasteiger partial charge < -0.3 is 30.3 Å². The molecule has 0 spiro atoms. The number of carbonyl (C=O) groups is 4.